The van der Waals surface area contributed by atoms with E-state index in [1.807, 2.05) is 43.3 Å². The maximum Gasteiger partial charge on any atom is 0.171 e. The van der Waals surface area contributed by atoms with Crippen LogP contribution in [0.5, 0.6) is 0 Å². The van der Waals surface area contributed by atoms with Crippen LogP contribution in [-0.2, 0) is 4.74 Å². The molecule has 1 fully saturated rings. The van der Waals surface area contributed by atoms with Gasteiger partial charge in [-0.2, -0.15) is 5.26 Å². The van der Waals surface area contributed by atoms with Crippen LogP contribution >= 0.6 is 11.9 Å². The summed E-state index contributed by atoms with van der Waals surface area (Å²) in [7, 11) is 3.94. The fraction of sp³-hybridized carbons (Fsp3) is 0.438. The third-order valence-electron chi connectivity index (χ3n) is 3.47. The first-order valence-electron chi connectivity index (χ1n) is 7.29. The molecule has 3 N–H and O–H groups in total. The molecule has 0 spiro atoms. The highest BCUT2D eigenvalue weighted by molar-refractivity contribution is 8.01. The van der Waals surface area contributed by atoms with Gasteiger partial charge in [-0.25, -0.2) is 0 Å². The molecule has 7 heteroatoms. The Kier molecular flexibility index (Phi) is 6.45. The summed E-state index contributed by atoms with van der Waals surface area (Å²) in [5, 5.41) is 28.5. The van der Waals surface area contributed by atoms with Crippen molar-refractivity contribution in [2.24, 2.45) is 0 Å². The Labute approximate surface area is 140 Å². The van der Waals surface area contributed by atoms with Crippen molar-refractivity contribution in [1.29, 1.82) is 5.26 Å². The van der Waals surface area contributed by atoms with Crippen molar-refractivity contribution in [3.8, 4) is 6.07 Å². The number of ether oxygens (including phenoxy) is 1. The molecule has 1 aromatic rings. The van der Waals surface area contributed by atoms with Crippen molar-refractivity contribution in [2.75, 3.05) is 25.6 Å². The summed E-state index contributed by atoms with van der Waals surface area (Å²) in [5.41, 5.74) is 2.00. The van der Waals surface area contributed by atoms with Crippen LogP contribution in [0.25, 0.3) is 6.08 Å². The van der Waals surface area contributed by atoms with E-state index < -0.39 is 18.4 Å². The molecule has 6 nitrogen and oxygen atoms in total. The Morgan fingerprint density at radius 1 is 1.39 bits per heavy atom. The number of aliphatic hydroxyl groups excluding tert-OH is 2. The van der Waals surface area contributed by atoms with E-state index in [0.717, 1.165) is 23.2 Å². The van der Waals surface area contributed by atoms with E-state index in [0.29, 0.717) is 11.3 Å². The average molecular weight is 335 g/mol. The summed E-state index contributed by atoms with van der Waals surface area (Å²) >= 11 is 1.13. The summed E-state index contributed by atoms with van der Waals surface area (Å²) in [5.74, 6) is 0. The van der Waals surface area contributed by atoms with Crippen LogP contribution in [0.4, 0.5) is 5.69 Å². The fourth-order valence-electron chi connectivity index (χ4n) is 2.15. The van der Waals surface area contributed by atoms with E-state index >= 15 is 0 Å². The highest BCUT2D eigenvalue weighted by Crippen LogP contribution is 2.21. The SMILES string of the molecule is CN(C)c1ccc(/C=C(\C#N)SNC2CC(O)COC2O)cc1. The lowest BCUT2D eigenvalue weighted by Crippen LogP contribution is -2.46. The lowest BCUT2D eigenvalue weighted by Gasteiger charge is -2.30. The van der Waals surface area contributed by atoms with Crippen LogP contribution in [-0.4, -0.2) is 49.4 Å². The molecule has 0 amide bonds. The molecule has 1 aliphatic rings. The number of aliphatic hydroxyl groups is 2. The number of benzene rings is 1. The van der Waals surface area contributed by atoms with Crippen LogP contribution in [0, 0.1) is 11.3 Å². The number of hydrogen-bond donors (Lipinski definition) is 3. The van der Waals surface area contributed by atoms with Gasteiger partial charge in [-0.05, 0) is 42.1 Å². The van der Waals surface area contributed by atoms with E-state index in [1.165, 1.54) is 0 Å². The van der Waals surface area contributed by atoms with Gasteiger partial charge in [0.25, 0.3) is 0 Å². The third kappa shape index (κ3) is 5.23. The van der Waals surface area contributed by atoms with Gasteiger partial charge in [-0.1, -0.05) is 12.1 Å². The van der Waals surface area contributed by atoms with E-state index in [1.54, 1.807) is 6.08 Å². The molecule has 1 aromatic carbocycles. The molecule has 1 aliphatic heterocycles. The summed E-state index contributed by atoms with van der Waals surface area (Å²) in [4.78, 5) is 2.47. The zero-order valence-corrected chi connectivity index (χ0v) is 14.0. The van der Waals surface area contributed by atoms with Crippen LogP contribution in [0.3, 0.4) is 0 Å². The van der Waals surface area contributed by atoms with Gasteiger partial charge in [-0.15, -0.1) is 0 Å². The minimum absolute atomic E-state index is 0.128. The van der Waals surface area contributed by atoms with Gasteiger partial charge in [0.1, 0.15) is 11.0 Å². The standard InChI is InChI=1S/C16H21N3O3S/c1-19(2)12-5-3-11(4-6-12)7-14(9-17)23-18-15-8-13(20)10-22-16(15)21/h3-7,13,15-16,18,20-21H,8,10H2,1-2H3/b14-7+. The number of hydrogen-bond acceptors (Lipinski definition) is 7. The number of nitrogens with one attached hydrogen (secondary N) is 1. The normalized spacial score (nSPS) is 25.0. The third-order valence-corrected chi connectivity index (χ3v) is 4.32. The van der Waals surface area contributed by atoms with Crippen molar-refractivity contribution in [1.82, 2.24) is 4.72 Å². The first-order chi connectivity index (χ1) is 11.0. The molecule has 1 heterocycles. The highest BCUT2D eigenvalue weighted by atomic mass is 32.2. The maximum absolute atomic E-state index is 9.73. The Morgan fingerprint density at radius 3 is 2.70 bits per heavy atom. The predicted octanol–water partition coefficient (Wildman–Crippen LogP) is 1.32. The average Bonchev–Trinajstić information content (AvgIpc) is 2.54. The van der Waals surface area contributed by atoms with Gasteiger partial charge >= 0.3 is 0 Å². The second kappa shape index (κ2) is 8.34. The van der Waals surface area contributed by atoms with Crippen LogP contribution in [0.1, 0.15) is 12.0 Å². The van der Waals surface area contributed by atoms with E-state index in [2.05, 4.69) is 10.8 Å². The largest absolute Gasteiger partial charge is 0.391 e. The molecule has 0 radical (unpaired) electrons. The second-order valence-electron chi connectivity index (χ2n) is 5.55. The first-order valence-corrected chi connectivity index (χ1v) is 8.10. The van der Waals surface area contributed by atoms with Crippen molar-refractivity contribution >= 4 is 23.7 Å². The van der Waals surface area contributed by atoms with Gasteiger partial charge in [0.05, 0.1) is 18.8 Å². The van der Waals surface area contributed by atoms with E-state index in [-0.39, 0.29) is 6.61 Å². The van der Waals surface area contributed by atoms with Crippen molar-refractivity contribution < 1.29 is 14.9 Å². The molecule has 0 bridgehead atoms. The number of allylic oxidation sites excluding steroid dienone is 1. The fourth-order valence-corrected chi connectivity index (χ4v) is 2.89. The van der Waals surface area contributed by atoms with Crippen LogP contribution < -0.4 is 9.62 Å². The number of anilines is 1. The molecule has 0 saturated carbocycles. The number of rotatable bonds is 5. The Morgan fingerprint density at radius 2 is 2.09 bits per heavy atom. The Balaban J connectivity index is 1.97. The second-order valence-corrected chi connectivity index (χ2v) is 6.43. The van der Waals surface area contributed by atoms with Crippen molar-refractivity contribution in [2.45, 2.75) is 24.9 Å². The first kappa shape index (κ1) is 17.8. The van der Waals surface area contributed by atoms with Crippen LogP contribution in [0.2, 0.25) is 0 Å². The lowest BCUT2D eigenvalue weighted by atomic mass is 10.1. The van der Waals surface area contributed by atoms with Crippen molar-refractivity contribution in [3.63, 3.8) is 0 Å². The van der Waals surface area contributed by atoms with Gasteiger partial charge in [0, 0.05) is 19.8 Å². The Hall–Kier alpha value is -1.56. The molecule has 3 unspecified atom stereocenters. The number of nitriles is 1. The van der Waals surface area contributed by atoms with Gasteiger partial charge in [0.15, 0.2) is 6.29 Å². The smallest absolute Gasteiger partial charge is 0.171 e. The predicted molar refractivity (Wildman–Crippen MR) is 91.5 cm³/mol. The van der Waals surface area contributed by atoms with Gasteiger partial charge in [0.2, 0.25) is 0 Å². The lowest BCUT2D eigenvalue weighted by molar-refractivity contribution is -0.168. The summed E-state index contributed by atoms with van der Waals surface area (Å²) < 4.78 is 8.03. The zero-order chi connectivity index (χ0) is 16.8. The molecule has 0 aliphatic carbocycles. The number of nitrogens with zero attached hydrogens (tertiary/aromatic N) is 2. The maximum atomic E-state index is 9.73. The summed E-state index contributed by atoms with van der Waals surface area (Å²) in [6.07, 6.45) is 0.559. The Bertz CT molecular complexity index is 583. The molecule has 1 saturated heterocycles. The minimum Gasteiger partial charge on any atom is -0.391 e. The van der Waals surface area contributed by atoms with E-state index in [9.17, 15) is 15.5 Å². The summed E-state index contributed by atoms with van der Waals surface area (Å²) in [6.45, 7) is 0.128. The molecule has 3 atom stereocenters. The zero-order valence-electron chi connectivity index (χ0n) is 13.1. The van der Waals surface area contributed by atoms with E-state index in [4.69, 9.17) is 4.74 Å². The molecular weight excluding hydrogens is 314 g/mol. The highest BCUT2D eigenvalue weighted by Gasteiger charge is 2.29. The van der Waals surface area contributed by atoms with Gasteiger partial charge < -0.3 is 19.8 Å². The summed E-state index contributed by atoms with van der Waals surface area (Å²) in [6, 6.07) is 9.54. The van der Waals surface area contributed by atoms with Crippen molar-refractivity contribution in [3.05, 3.63) is 34.7 Å². The molecule has 23 heavy (non-hydrogen) atoms. The molecule has 124 valence electrons. The van der Waals surface area contributed by atoms with Gasteiger partial charge in [-0.3, -0.25) is 4.72 Å². The monoisotopic (exact) mass is 335 g/mol. The molecule has 2 rings (SSSR count). The topological polar surface area (TPSA) is 88.8 Å². The molecule has 0 aromatic heterocycles. The minimum atomic E-state index is -0.981. The van der Waals surface area contributed by atoms with Crippen LogP contribution in [0.15, 0.2) is 29.2 Å². The quantitative estimate of drug-likeness (QED) is 0.552. The molecular formula is C16H21N3O3S.